The van der Waals surface area contributed by atoms with Gasteiger partial charge in [-0.2, -0.15) is 5.10 Å². The molecule has 1 aliphatic rings. The molecule has 7 heteroatoms. The number of anilines is 1. The van der Waals surface area contributed by atoms with E-state index in [1.54, 1.807) is 6.20 Å². The quantitative estimate of drug-likeness (QED) is 0.928. The molecular formula is C14H19N5OS. The van der Waals surface area contributed by atoms with Gasteiger partial charge in [0.2, 0.25) is 0 Å². The molecule has 2 aromatic rings. The number of nitrogen functional groups attached to an aromatic ring is 1. The molecule has 0 radical (unpaired) electrons. The molecule has 3 heterocycles. The van der Waals surface area contributed by atoms with E-state index in [-0.39, 0.29) is 11.9 Å². The standard InChI is InChI=1S/C14H19N5OS/c1-18(2)8-9-4-3-7-19(9)14(20)12-11(15)10-5-6-16-17-13(10)21-12/h5-6,9H,3-4,7-8,15H2,1-2H3. The summed E-state index contributed by atoms with van der Waals surface area (Å²) in [7, 11) is 4.06. The van der Waals surface area contributed by atoms with Crippen LogP contribution in [0.4, 0.5) is 5.69 Å². The van der Waals surface area contributed by atoms with Crippen molar-refractivity contribution in [3.63, 3.8) is 0 Å². The Labute approximate surface area is 127 Å². The van der Waals surface area contributed by atoms with Gasteiger partial charge in [0.05, 0.1) is 11.9 Å². The Bertz CT molecular complexity index is 668. The van der Waals surface area contributed by atoms with Gasteiger partial charge in [0.15, 0.2) is 0 Å². The lowest BCUT2D eigenvalue weighted by molar-refractivity contribution is 0.0722. The molecule has 0 saturated carbocycles. The van der Waals surface area contributed by atoms with Crippen molar-refractivity contribution in [3.8, 4) is 0 Å². The number of carbonyl (C=O) groups is 1. The maximum atomic E-state index is 12.8. The average Bonchev–Trinajstić information content (AvgIpc) is 3.03. The highest BCUT2D eigenvalue weighted by Crippen LogP contribution is 2.34. The van der Waals surface area contributed by atoms with Crippen LogP contribution in [0.2, 0.25) is 0 Å². The van der Waals surface area contributed by atoms with Crippen LogP contribution in [0.5, 0.6) is 0 Å². The number of likely N-dealkylation sites (N-methyl/N-ethyl adjacent to an activating group) is 1. The fraction of sp³-hybridized carbons (Fsp3) is 0.500. The molecule has 1 aliphatic heterocycles. The van der Waals surface area contributed by atoms with Crippen molar-refractivity contribution in [2.75, 3.05) is 32.9 Å². The Kier molecular flexibility index (Phi) is 3.77. The number of fused-ring (bicyclic) bond motifs is 1. The van der Waals surface area contributed by atoms with Crippen LogP contribution in [0.1, 0.15) is 22.5 Å². The van der Waals surface area contributed by atoms with Gasteiger partial charge in [0.25, 0.3) is 5.91 Å². The Morgan fingerprint density at radius 1 is 1.57 bits per heavy atom. The summed E-state index contributed by atoms with van der Waals surface area (Å²) in [6, 6.07) is 2.08. The first kappa shape index (κ1) is 14.2. The molecule has 6 nitrogen and oxygen atoms in total. The van der Waals surface area contributed by atoms with Crippen LogP contribution in [0.25, 0.3) is 10.2 Å². The molecule has 0 aliphatic carbocycles. The lowest BCUT2D eigenvalue weighted by Gasteiger charge is -2.26. The first-order chi connectivity index (χ1) is 10.1. The van der Waals surface area contributed by atoms with E-state index in [1.165, 1.54) is 11.3 Å². The van der Waals surface area contributed by atoms with Crippen LogP contribution >= 0.6 is 11.3 Å². The Hall–Kier alpha value is -1.73. The highest BCUT2D eigenvalue weighted by molar-refractivity contribution is 7.21. The fourth-order valence-electron chi connectivity index (χ4n) is 2.88. The monoisotopic (exact) mass is 305 g/mol. The molecule has 2 N–H and O–H groups in total. The Morgan fingerprint density at radius 2 is 2.38 bits per heavy atom. The van der Waals surface area contributed by atoms with Gasteiger partial charge < -0.3 is 15.5 Å². The summed E-state index contributed by atoms with van der Waals surface area (Å²) in [6.45, 7) is 1.69. The summed E-state index contributed by atoms with van der Waals surface area (Å²) in [5.74, 6) is 0.0276. The van der Waals surface area contributed by atoms with Crippen molar-refractivity contribution in [2.45, 2.75) is 18.9 Å². The number of carbonyl (C=O) groups excluding carboxylic acids is 1. The largest absolute Gasteiger partial charge is 0.397 e. The second-order valence-corrected chi connectivity index (χ2v) is 6.65. The summed E-state index contributed by atoms with van der Waals surface area (Å²) in [5.41, 5.74) is 6.67. The van der Waals surface area contributed by atoms with E-state index < -0.39 is 0 Å². The third kappa shape index (κ3) is 2.58. The molecule has 1 atom stereocenters. The zero-order valence-corrected chi connectivity index (χ0v) is 13.1. The number of thiophene rings is 1. The summed E-state index contributed by atoms with van der Waals surface area (Å²) in [6.07, 6.45) is 3.70. The third-order valence-electron chi connectivity index (χ3n) is 3.83. The number of nitrogens with zero attached hydrogens (tertiary/aromatic N) is 4. The number of rotatable bonds is 3. The number of hydrogen-bond acceptors (Lipinski definition) is 6. The predicted octanol–water partition coefficient (Wildman–Crippen LogP) is 1.44. The van der Waals surface area contributed by atoms with Crippen molar-refractivity contribution >= 4 is 33.1 Å². The molecule has 112 valence electrons. The van der Waals surface area contributed by atoms with E-state index in [0.717, 1.165) is 36.1 Å². The van der Waals surface area contributed by atoms with Gasteiger partial charge in [-0.1, -0.05) is 0 Å². The van der Waals surface area contributed by atoms with Crippen LogP contribution in [-0.2, 0) is 0 Å². The minimum Gasteiger partial charge on any atom is -0.397 e. The molecule has 1 fully saturated rings. The van der Waals surface area contributed by atoms with Crippen molar-refractivity contribution in [1.82, 2.24) is 20.0 Å². The lowest BCUT2D eigenvalue weighted by Crippen LogP contribution is -2.41. The maximum absolute atomic E-state index is 12.8. The first-order valence-corrected chi connectivity index (χ1v) is 7.85. The van der Waals surface area contributed by atoms with E-state index in [1.807, 2.05) is 25.1 Å². The normalized spacial score (nSPS) is 18.8. The number of nitrogens with two attached hydrogens (primary N) is 1. The van der Waals surface area contributed by atoms with Crippen LogP contribution < -0.4 is 5.73 Å². The molecule has 0 bridgehead atoms. The molecule has 1 saturated heterocycles. The number of likely N-dealkylation sites (tertiary alicyclic amines) is 1. The molecule has 0 aromatic carbocycles. The minimum atomic E-state index is 0.0276. The Balaban J connectivity index is 1.91. The zero-order chi connectivity index (χ0) is 15.0. The van der Waals surface area contributed by atoms with Gasteiger partial charge in [0, 0.05) is 24.5 Å². The highest BCUT2D eigenvalue weighted by atomic mass is 32.1. The van der Waals surface area contributed by atoms with Gasteiger partial charge in [-0.25, -0.2) is 0 Å². The van der Waals surface area contributed by atoms with Gasteiger partial charge in [-0.3, -0.25) is 4.79 Å². The van der Waals surface area contributed by atoms with E-state index in [2.05, 4.69) is 15.1 Å². The number of aromatic nitrogens is 2. The maximum Gasteiger partial charge on any atom is 0.266 e. The van der Waals surface area contributed by atoms with Crippen LogP contribution in [-0.4, -0.2) is 59.1 Å². The van der Waals surface area contributed by atoms with Crippen LogP contribution in [0, 0.1) is 0 Å². The lowest BCUT2D eigenvalue weighted by atomic mass is 10.2. The molecule has 3 rings (SSSR count). The van der Waals surface area contributed by atoms with E-state index in [4.69, 9.17) is 5.73 Å². The molecule has 0 spiro atoms. The molecule has 1 amide bonds. The smallest absolute Gasteiger partial charge is 0.266 e. The average molecular weight is 305 g/mol. The fourth-order valence-corrected chi connectivity index (χ4v) is 3.87. The third-order valence-corrected chi connectivity index (χ3v) is 4.92. The second kappa shape index (κ2) is 5.57. The molecule has 21 heavy (non-hydrogen) atoms. The van der Waals surface area contributed by atoms with Gasteiger partial charge in [-0.05, 0) is 33.0 Å². The molecule has 2 aromatic heterocycles. The zero-order valence-electron chi connectivity index (χ0n) is 12.2. The van der Waals surface area contributed by atoms with Gasteiger partial charge in [-0.15, -0.1) is 16.4 Å². The summed E-state index contributed by atoms with van der Waals surface area (Å²) < 4.78 is 0. The molecular weight excluding hydrogens is 286 g/mol. The second-order valence-electron chi connectivity index (χ2n) is 5.65. The van der Waals surface area contributed by atoms with E-state index >= 15 is 0 Å². The van der Waals surface area contributed by atoms with E-state index in [9.17, 15) is 4.79 Å². The number of amides is 1. The van der Waals surface area contributed by atoms with Gasteiger partial charge >= 0.3 is 0 Å². The minimum absolute atomic E-state index is 0.0276. The van der Waals surface area contributed by atoms with Crippen molar-refractivity contribution in [3.05, 3.63) is 17.1 Å². The SMILES string of the molecule is CN(C)CC1CCCN1C(=O)c1sc2nnccc2c1N. The topological polar surface area (TPSA) is 75.3 Å². The summed E-state index contributed by atoms with van der Waals surface area (Å²) in [5, 5.41) is 8.72. The highest BCUT2D eigenvalue weighted by Gasteiger charge is 2.32. The summed E-state index contributed by atoms with van der Waals surface area (Å²) in [4.78, 5) is 18.2. The molecule has 1 unspecified atom stereocenters. The number of hydrogen-bond donors (Lipinski definition) is 1. The van der Waals surface area contributed by atoms with Crippen molar-refractivity contribution in [2.24, 2.45) is 0 Å². The summed E-state index contributed by atoms with van der Waals surface area (Å²) >= 11 is 1.34. The van der Waals surface area contributed by atoms with Crippen molar-refractivity contribution < 1.29 is 4.79 Å². The van der Waals surface area contributed by atoms with Crippen LogP contribution in [0.3, 0.4) is 0 Å². The van der Waals surface area contributed by atoms with Crippen LogP contribution in [0.15, 0.2) is 12.3 Å². The Morgan fingerprint density at radius 3 is 3.10 bits per heavy atom. The first-order valence-electron chi connectivity index (χ1n) is 7.03. The van der Waals surface area contributed by atoms with Gasteiger partial charge in [0.1, 0.15) is 9.71 Å². The predicted molar refractivity (Wildman–Crippen MR) is 84.4 cm³/mol. The van der Waals surface area contributed by atoms with Crippen molar-refractivity contribution in [1.29, 1.82) is 0 Å². The van der Waals surface area contributed by atoms with E-state index in [0.29, 0.717) is 10.6 Å².